The van der Waals surface area contributed by atoms with Crippen molar-refractivity contribution in [3.8, 4) is 0 Å². The van der Waals surface area contributed by atoms with E-state index in [-0.39, 0.29) is 12.5 Å². The molecule has 158 valence electrons. The number of hydrogen-bond acceptors (Lipinski definition) is 6. The number of imidazole rings is 1. The number of rotatable bonds is 5. The molecule has 1 N–H and O–H groups in total. The normalized spacial score (nSPS) is 19.4. The lowest BCUT2D eigenvalue weighted by Gasteiger charge is -2.41. The molecule has 8 nitrogen and oxygen atoms in total. The van der Waals surface area contributed by atoms with Gasteiger partial charge in [0.25, 0.3) is 5.91 Å². The molecule has 1 amide bonds. The van der Waals surface area contributed by atoms with E-state index in [0.29, 0.717) is 24.6 Å². The number of aliphatic hydroxyl groups is 1. The van der Waals surface area contributed by atoms with Crippen LogP contribution >= 0.6 is 0 Å². The van der Waals surface area contributed by atoms with Gasteiger partial charge in [-0.15, -0.1) is 0 Å². The van der Waals surface area contributed by atoms with Crippen LogP contribution in [-0.2, 0) is 0 Å². The summed E-state index contributed by atoms with van der Waals surface area (Å²) in [5.41, 5.74) is 1.39. The van der Waals surface area contributed by atoms with E-state index in [4.69, 9.17) is 0 Å². The van der Waals surface area contributed by atoms with Crippen LogP contribution in [0, 0.1) is 0 Å². The van der Waals surface area contributed by atoms with Crippen LogP contribution < -0.4 is 4.90 Å². The summed E-state index contributed by atoms with van der Waals surface area (Å²) in [6.07, 6.45) is 8.25. The van der Waals surface area contributed by atoms with E-state index in [1.807, 2.05) is 23.1 Å². The van der Waals surface area contributed by atoms with E-state index in [2.05, 4.69) is 33.4 Å². The van der Waals surface area contributed by atoms with Gasteiger partial charge in [-0.2, -0.15) is 0 Å². The van der Waals surface area contributed by atoms with Gasteiger partial charge in [-0.25, -0.2) is 9.97 Å². The van der Waals surface area contributed by atoms with Gasteiger partial charge in [0.1, 0.15) is 5.82 Å². The molecule has 8 heteroatoms. The van der Waals surface area contributed by atoms with Crippen molar-refractivity contribution in [1.82, 2.24) is 24.4 Å². The van der Waals surface area contributed by atoms with Gasteiger partial charge >= 0.3 is 0 Å². The average molecular weight is 409 g/mol. The fraction of sp³-hybridized carbons (Fsp3) is 0.455. The third-order valence-electron chi connectivity index (χ3n) is 5.69. The summed E-state index contributed by atoms with van der Waals surface area (Å²) in [5, 5.41) is 11.2. The second-order valence-electron chi connectivity index (χ2n) is 8.42. The van der Waals surface area contributed by atoms with Gasteiger partial charge < -0.3 is 19.5 Å². The molecule has 0 radical (unpaired) electrons. The molecule has 3 heterocycles. The lowest BCUT2D eigenvalue weighted by molar-refractivity contribution is -0.000140. The molecule has 1 atom stereocenters. The van der Waals surface area contributed by atoms with Gasteiger partial charge in [0.05, 0.1) is 35.7 Å². The van der Waals surface area contributed by atoms with Crippen molar-refractivity contribution in [3.63, 3.8) is 0 Å². The highest BCUT2D eigenvalue weighted by atomic mass is 16.3. The minimum Gasteiger partial charge on any atom is -0.386 e. The van der Waals surface area contributed by atoms with E-state index < -0.39 is 5.60 Å². The van der Waals surface area contributed by atoms with Crippen LogP contribution in [0.4, 0.5) is 5.82 Å². The summed E-state index contributed by atoms with van der Waals surface area (Å²) in [7, 11) is 1.73. The Morgan fingerprint density at radius 1 is 1.30 bits per heavy atom. The number of fused-ring (bicyclic) bond motifs is 1. The zero-order chi connectivity index (χ0) is 21.3. The number of carbonyl (C=O) groups is 1. The highest BCUT2D eigenvalue weighted by molar-refractivity contribution is 5.97. The number of piperidine rings is 1. The van der Waals surface area contributed by atoms with Crippen LogP contribution in [0.15, 0.2) is 43.1 Å². The molecule has 1 aliphatic heterocycles. The Bertz CT molecular complexity index is 1030. The van der Waals surface area contributed by atoms with E-state index in [0.717, 1.165) is 29.8 Å². The number of benzene rings is 1. The van der Waals surface area contributed by atoms with Gasteiger partial charge in [0, 0.05) is 44.1 Å². The Labute approximate surface area is 176 Å². The zero-order valence-electron chi connectivity index (χ0n) is 17.7. The Balaban J connectivity index is 1.48. The van der Waals surface area contributed by atoms with Crippen LogP contribution in [0.5, 0.6) is 0 Å². The van der Waals surface area contributed by atoms with Gasteiger partial charge in [-0.05, 0) is 44.9 Å². The topological polar surface area (TPSA) is 87.4 Å². The predicted octanol–water partition coefficient (Wildman–Crippen LogP) is 2.51. The lowest BCUT2D eigenvalue weighted by atomic mass is 9.92. The molecule has 1 aliphatic rings. The molecule has 0 aliphatic carbocycles. The minimum atomic E-state index is -0.997. The summed E-state index contributed by atoms with van der Waals surface area (Å²) >= 11 is 0. The van der Waals surface area contributed by atoms with E-state index in [9.17, 15) is 9.90 Å². The number of aromatic nitrogens is 4. The number of β-amino-alcohol motifs (C(OH)–C–C–N with tert-alkyl or cyclic N) is 1. The molecule has 1 fully saturated rings. The standard InChI is InChI=1S/C22H28N6O2/c1-16(2)28-15-25-18-11-17(5-6-19(18)28)21(29)26(3)13-22(30)7-4-10-27(14-22)20-12-23-8-9-24-20/h5-6,8-9,11-12,15-16,30H,4,7,10,13-14H2,1-3H3. The molecule has 2 aromatic heterocycles. The highest BCUT2D eigenvalue weighted by Crippen LogP contribution is 2.26. The van der Waals surface area contributed by atoms with Crippen LogP contribution in [0.25, 0.3) is 11.0 Å². The largest absolute Gasteiger partial charge is 0.386 e. The van der Waals surface area contributed by atoms with Crippen molar-refractivity contribution in [2.45, 2.75) is 38.3 Å². The molecule has 1 aromatic carbocycles. The average Bonchev–Trinajstić information content (AvgIpc) is 3.17. The maximum Gasteiger partial charge on any atom is 0.253 e. The molecule has 3 aromatic rings. The quantitative estimate of drug-likeness (QED) is 0.698. The molecular formula is C22H28N6O2. The molecular weight excluding hydrogens is 380 g/mol. The van der Waals surface area contributed by atoms with Crippen LogP contribution in [0.2, 0.25) is 0 Å². The van der Waals surface area contributed by atoms with Crippen molar-refractivity contribution >= 4 is 22.8 Å². The number of nitrogens with zero attached hydrogens (tertiary/aromatic N) is 6. The first-order valence-electron chi connectivity index (χ1n) is 10.3. The fourth-order valence-corrected chi connectivity index (χ4v) is 4.20. The number of anilines is 1. The third-order valence-corrected chi connectivity index (χ3v) is 5.69. The van der Waals surface area contributed by atoms with E-state index in [1.165, 1.54) is 0 Å². The zero-order valence-corrected chi connectivity index (χ0v) is 17.7. The molecule has 4 rings (SSSR count). The summed E-state index contributed by atoms with van der Waals surface area (Å²) in [6, 6.07) is 5.90. The summed E-state index contributed by atoms with van der Waals surface area (Å²) in [5.74, 6) is 0.622. The van der Waals surface area contributed by atoms with Crippen molar-refractivity contribution in [1.29, 1.82) is 0 Å². The van der Waals surface area contributed by atoms with Crippen LogP contribution in [0.3, 0.4) is 0 Å². The maximum atomic E-state index is 13.0. The van der Waals surface area contributed by atoms with Gasteiger partial charge in [-0.3, -0.25) is 9.78 Å². The summed E-state index contributed by atoms with van der Waals surface area (Å²) in [4.78, 5) is 29.6. The SMILES string of the molecule is CC(C)n1cnc2cc(C(=O)N(C)CC3(O)CCCN(c4cnccn4)C3)ccc21. The van der Waals surface area contributed by atoms with E-state index >= 15 is 0 Å². The second-order valence-corrected chi connectivity index (χ2v) is 8.42. The minimum absolute atomic E-state index is 0.124. The smallest absolute Gasteiger partial charge is 0.253 e. The van der Waals surface area contributed by atoms with Gasteiger partial charge in [0.2, 0.25) is 0 Å². The highest BCUT2D eigenvalue weighted by Gasteiger charge is 2.36. The molecule has 0 bridgehead atoms. The van der Waals surface area contributed by atoms with Gasteiger partial charge in [-0.1, -0.05) is 0 Å². The fourth-order valence-electron chi connectivity index (χ4n) is 4.20. The monoisotopic (exact) mass is 408 g/mol. The van der Waals surface area contributed by atoms with Crippen LogP contribution in [-0.4, -0.2) is 67.7 Å². The number of amides is 1. The molecule has 0 spiro atoms. The van der Waals surface area contributed by atoms with Crippen LogP contribution in [0.1, 0.15) is 43.1 Å². The Kier molecular flexibility index (Phi) is 5.42. The first kappa shape index (κ1) is 20.3. The Hall–Kier alpha value is -3.00. The second kappa shape index (κ2) is 8.02. The number of hydrogen-bond donors (Lipinski definition) is 1. The first-order valence-corrected chi connectivity index (χ1v) is 10.3. The first-order chi connectivity index (χ1) is 14.4. The molecule has 1 saturated heterocycles. The molecule has 0 saturated carbocycles. The Morgan fingerprint density at radius 3 is 2.87 bits per heavy atom. The van der Waals surface area contributed by atoms with Crippen molar-refractivity contribution < 1.29 is 9.90 Å². The van der Waals surface area contributed by atoms with Crippen molar-refractivity contribution in [2.75, 3.05) is 31.6 Å². The van der Waals surface area contributed by atoms with Crippen molar-refractivity contribution in [3.05, 3.63) is 48.7 Å². The van der Waals surface area contributed by atoms with Gasteiger partial charge in [0.15, 0.2) is 0 Å². The third kappa shape index (κ3) is 4.00. The van der Waals surface area contributed by atoms with E-state index in [1.54, 1.807) is 36.9 Å². The predicted molar refractivity (Wildman–Crippen MR) is 116 cm³/mol. The number of likely N-dealkylation sites (N-methyl/N-ethyl adjacent to an activating group) is 1. The Morgan fingerprint density at radius 2 is 2.13 bits per heavy atom. The number of carbonyl (C=O) groups excluding carboxylic acids is 1. The summed E-state index contributed by atoms with van der Waals surface area (Å²) < 4.78 is 2.08. The molecule has 30 heavy (non-hydrogen) atoms. The maximum absolute atomic E-state index is 13.0. The summed E-state index contributed by atoms with van der Waals surface area (Å²) in [6.45, 7) is 5.68. The molecule has 1 unspecified atom stereocenters. The lowest BCUT2D eigenvalue weighted by Crippen LogP contribution is -2.54. The van der Waals surface area contributed by atoms with Crippen molar-refractivity contribution in [2.24, 2.45) is 0 Å².